The zero-order valence-electron chi connectivity index (χ0n) is 23.2. The molecule has 0 spiro atoms. The number of aromatic nitrogens is 5. The van der Waals surface area contributed by atoms with E-state index in [1.165, 1.54) is 16.0 Å². The van der Waals surface area contributed by atoms with Crippen molar-refractivity contribution in [3.63, 3.8) is 0 Å². The highest BCUT2D eigenvalue weighted by molar-refractivity contribution is 7.13. The molecule has 7 rings (SSSR count). The number of imidazole rings is 1. The van der Waals surface area contributed by atoms with Gasteiger partial charge in [0, 0.05) is 53.9 Å². The largest absolute Gasteiger partial charge is 0.490 e. The molecule has 2 aliphatic heterocycles. The fourth-order valence-electron chi connectivity index (χ4n) is 5.82. The molecule has 2 atom stereocenters. The molecule has 9 nitrogen and oxygen atoms in total. The van der Waals surface area contributed by atoms with E-state index in [1.807, 2.05) is 24.3 Å². The van der Waals surface area contributed by atoms with Gasteiger partial charge in [0.1, 0.15) is 23.5 Å². The van der Waals surface area contributed by atoms with Gasteiger partial charge in [-0.1, -0.05) is 35.3 Å². The van der Waals surface area contributed by atoms with Crippen LogP contribution in [0, 0.1) is 0 Å². The molecule has 1 amide bonds. The van der Waals surface area contributed by atoms with Gasteiger partial charge in [-0.05, 0) is 43.7 Å². The number of alkyl halides is 1. The number of halogens is 3. The summed E-state index contributed by atoms with van der Waals surface area (Å²) in [6, 6.07) is 8.60. The van der Waals surface area contributed by atoms with E-state index in [0.29, 0.717) is 43.0 Å². The molecular weight excluding hydrogens is 612 g/mol. The van der Waals surface area contributed by atoms with Crippen molar-refractivity contribution >= 4 is 56.5 Å². The number of rotatable bonds is 7. The zero-order chi connectivity index (χ0) is 29.7. The topological polar surface area (TPSA) is 90.1 Å². The summed E-state index contributed by atoms with van der Waals surface area (Å²) in [7, 11) is 2.13. The Morgan fingerprint density at radius 3 is 2.72 bits per heavy atom. The minimum absolute atomic E-state index is 0.167. The first-order valence-corrected chi connectivity index (χ1v) is 15.7. The Bertz CT molecular complexity index is 1780. The van der Waals surface area contributed by atoms with Gasteiger partial charge >= 0.3 is 0 Å². The molecule has 0 unspecified atom stereocenters. The maximum Gasteiger partial charge on any atom is 0.257 e. The van der Waals surface area contributed by atoms with Crippen LogP contribution in [0.4, 0.5) is 9.52 Å². The molecule has 13 heteroatoms. The second-order valence-electron chi connectivity index (χ2n) is 11.0. The first-order chi connectivity index (χ1) is 20.8. The third-order valence-electron chi connectivity index (χ3n) is 8.06. The van der Waals surface area contributed by atoms with E-state index in [-0.39, 0.29) is 19.1 Å². The summed E-state index contributed by atoms with van der Waals surface area (Å²) >= 11 is 15.0. The molecule has 2 aliphatic rings. The maximum atomic E-state index is 14.3. The number of piperidine rings is 1. The summed E-state index contributed by atoms with van der Waals surface area (Å²) in [5, 5.41) is 11.2. The number of carbonyl (C=O) groups excluding carboxylic acids is 1. The van der Waals surface area contributed by atoms with E-state index < -0.39 is 18.1 Å². The number of benzene rings is 2. The summed E-state index contributed by atoms with van der Waals surface area (Å²) in [5.41, 5.74) is 3.10. The Balaban J connectivity index is 1.23. The van der Waals surface area contributed by atoms with Crippen molar-refractivity contribution in [1.29, 1.82) is 0 Å². The maximum absolute atomic E-state index is 14.3. The van der Waals surface area contributed by atoms with Crippen LogP contribution in [0.5, 0.6) is 5.75 Å². The number of anilines is 1. The Hall–Kier alpha value is -3.51. The first kappa shape index (κ1) is 28.3. The number of amides is 1. The third-order valence-corrected chi connectivity index (χ3v) is 9.44. The molecule has 1 saturated heterocycles. The molecule has 0 radical (unpaired) electrons. The highest BCUT2D eigenvalue weighted by Crippen LogP contribution is 2.40. The van der Waals surface area contributed by atoms with Gasteiger partial charge in [0.25, 0.3) is 5.91 Å². The minimum Gasteiger partial charge on any atom is -0.490 e. The van der Waals surface area contributed by atoms with Crippen molar-refractivity contribution in [2.45, 2.75) is 44.1 Å². The Morgan fingerprint density at radius 2 is 1.98 bits per heavy atom. The summed E-state index contributed by atoms with van der Waals surface area (Å²) in [6.45, 7) is 2.25. The molecule has 0 saturated carbocycles. The number of carbonyl (C=O) groups is 1. The summed E-state index contributed by atoms with van der Waals surface area (Å²) in [4.78, 5) is 24.7. The van der Waals surface area contributed by atoms with E-state index in [4.69, 9.17) is 33.0 Å². The molecular formula is C30H28Cl2FN7O2S. The quantitative estimate of drug-likeness (QED) is 0.226. The molecule has 2 aromatic carbocycles. The fourth-order valence-corrected chi connectivity index (χ4v) is 6.90. The van der Waals surface area contributed by atoms with Gasteiger partial charge < -0.3 is 14.2 Å². The number of nitrogens with zero attached hydrogens (tertiary/aromatic N) is 6. The monoisotopic (exact) mass is 639 g/mol. The molecule has 1 fully saturated rings. The average molecular weight is 641 g/mol. The highest BCUT2D eigenvalue weighted by atomic mass is 35.5. The predicted molar refractivity (Wildman–Crippen MR) is 166 cm³/mol. The van der Waals surface area contributed by atoms with Crippen LogP contribution in [0.25, 0.3) is 22.0 Å². The molecule has 5 heterocycles. The van der Waals surface area contributed by atoms with E-state index in [1.54, 1.807) is 34.7 Å². The average Bonchev–Trinajstić information content (AvgIpc) is 3.79. The molecule has 0 aliphatic carbocycles. The van der Waals surface area contributed by atoms with Crippen LogP contribution in [0.15, 0.2) is 54.4 Å². The van der Waals surface area contributed by atoms with Crippen molar-refractivity contribution < 1.29 is 13.9 Å². The molecule has 0 bridgehead atoms. The molecule has 43 heavy (non-hydrogen) atoms. The van der Waals surface area contributed by atoms with Gasteiger partial charge in [0.05, 0.1) is 28.6 Å². The van der Waals surface area contributed by atoms with Crippen molar-refractivity contribution in [2.24, 2.45) is 0 Å². The van der Waals surface area contributed by atoms with E-state index >= 15 is 0 Å². The van der Waals surface area contributed by atoms with Gasteiger partial charge in [-0.25, -0.2) is 14.4 Å². The summed E-state index contributed by atoms with van der Waals surface area (Å²) in [5.74, 6) is 0.405. The van der Waals surface area contributed by atoms with E-state index in [2.05, 4.69) is 27.2 Å². The minimum atomic E-state index is -1.04. The van der Waals surface area contributed by atoms with Gasteiger partial charge in [-0.2, -0.15) is 5.10 Å². The normalized spacial score (nSPS) is 18.2. The number of ether oxygens (including phenoxy) is 1. The fraction of sp³-hybridized carbons (Fsp3) is 0.333. The van der Waals surface area contributed by atoms with Gasteiger partial charge in [-0.3, -0.25) is 14.8 Å². The summed E-state index contributed by atoms with van der Waals surface area (Å²) in [6.07, 6.45) is 6.18. The first-order valence-electron chi connectivity index (χ1n) is 14.0. The Morgan fingerprint density at radius 1 is 1.19 bits per heavy atom. The van der Waals surface area contributed by atoms with Gasteiger partial charge in [0.15, 0.2) is 11.2 Å². The van der Waals surface area contributed by atoms with Crippen molar-refractivity contribution in [3.05, 3.63) is 75.9 Å². The number of thiazole rings is 1. The Labute approximate surface area is 261 Å². The smallest absolute Gasteiger partial charge is 0.257 e. The Kier molecular flexibility index (Phi) is 7.58. The lowest BCUT2D eigenvalue weighted by molar-refractivity contribution is -0.118. The van der Waals surface area contributed by atoms with Crippen LogP contribution >= 0.6 is 34.5 Å². The van der Waals surface area contributed by atoms with E-state index in [0.717, 1.165) is 37.2 Å². The van der Waals surface area contributed by atoms with Crippen LogP contribution in [-0.4, -0.2) is 67.5 Å². The van der Waals surface area contributed by atoms with Crippen LogP contribution < -0.4 is 10.1 Å². The lowest BCUT2D eigenvalue weighted by Crippen LogP contribution is -2.35. The van der Waals surface area contributed by atoms with Crippen LogP contribution in [-0.2, 0) is 17.8 Å². The highest BCUT2D eigenvalue weighted by Gasteiger charge is 2.34. The van der Waals surface area contributed by atoms with Crippen molar-refractivity contribution in [3.8, 4) is 16.9 Å². The number of likely N-dealkylation sites (tertiary alicyclic amines) is 1. The molecule has 222 valence electrons. The SMILES string of the molecule is CN1CCC(Oc2ccc(-c3cc(Cl)c4cn([C@@H](C(=O)Nc5nccs5)c5ncn6c5C[C@@H](F)C6)nc4c3Cl)cc2)CC1. The lowest BCUT2D eigenvalue weighted by atomic mass is 10.0. The number of nitrogens with one attached hydrogen (secondary N) is 1. The summed E-state index contributed by atoms with van der Waals surface area (Å²) < 4.78 is 23.8. The standard InChI is InChI=1S/C30H28Cl2FN7O2S/c1-38-9-6-20(7-10-38)42-19-4-2-17(3-5-19)21-13-23(31)22-15-40(37-26(22)25(21)32)28(29(41)36-30-34-8-11-43-30)27-24-12-18(33)14-39(24)16-35-27/h2-5,8,11,13,15-16,18,20,28H,6-7,9-10,12,14H2,1H3,(H,34,36,41)/t18-,28-/m1/s1. The molecule has 3 aromatic heterocycles. The van der Waals surface area contributed by atoms with Gasteiger partial charge in [0.2, 0.25) is 0 Å². The van der Waals surface area contributed by atoms with Crippen molar-refractivity contribution in [1.82, 2.24) is 29.2 Å². The molecule has 1 N–H and O–H groups in total. The van der Waals surface area contributed by atoms with Crippen molar-refractivity contribution in [2.75, 3.05) is 25.5 Å². The second kappa shape index (κ2) is 11.5. The predicted octanol–water partition coefficient (Wildman–Crippen LogP) is 6.26. The number of hydrogen-bond acceptors (Lipinski definition) is 7. The van der Waals surface area contributed by atoms with Crippen LogP contribution in [0.2, 0.25) is 10.0 Å². The van der Waals surface area contributed by atoms with Crippen LogP contribution in [0.1, 0.15) is 30.3 Å². The zero-order valence-corrected chi connectivity index (χ0v) is 25.5. The lowest BCUT2D eigenvalue weighted by Gasteiger charge is -2.29. The number of hydrogen-bond donors (Lipinski definition) is 1. The van der Waals surface area contributed by atoms with Gasteiger partial charge in [-0.15, -0.1) is 11.3 Å². The van der Waals surface area contributed by atoms with Crippen LogP contribution in [0.3, 0.4) is 0 Å². The molecule has 5 aromatic rings. The second-order valence-corrected chi connectivity index (χ2v) is 12.7. The number of fused-ring (bicyclic) bond motifs is 2. The third kappa shape index (κ3) is 5.50. The van der Waals surface area contributed by atoms with E-state index in [9.17, 15) is 9.18 Å².